The molecule has 0 aromatic rings. The van der Waals surface area contributed by atoms with Crippen LogP contribution in [0.15, 0.2) is 23.3 Å². The molecule has 0 saturated carbocycles. The van der Waals surface area contributed by atoms with Gasteiger partial charge in [0.2, 0.25) is 0 Å². The molecule has 0 aromatic heterocycles. The van der Waals surface area contributed by atoms with E-state index in [1.807, 2.05) is 26.8 Å². The Morgan fingerprint density at radius 3 is 1.78 bits per heavy atom. The van der Waals surface area contributed by atoms with Crippen molar-refractivity contribution in [1.82, 2.24) is 10.2 Å². The highest BCUT2D eigenvalue weighted by atomic mass is 28.4. The summed E-state index contributed by atoms with van der Waals surface area (Å²) in [5.41, 5.74) is 0.352. The van der Waals surface area contributed by atoms with Crippen molar-refractivity contribution >= 4 is 14.4 Å². The summed E-state index contributed by atoms with van der Waals surface area (Å²) in [7, 11) is 0.948. The quantitative estimate of drug-likeness (QED) is 0.0237. The third kappa shape index (κ3) is 19.9. The molecule has 2 aliphatic rings. The Bertz CT molecular complexity index is 1220. The third-order valence-corrected chi connectivity index (χ3v) is 16.0. The zero-order valence-electron chi connectivity index (χ0n) is 39.5. The van der Waals surface area contributed by atoms with Gasteiger partial charge < -0.3 is 59.0 Å². The van der Waals surface area contributed by atoms with E-state index in [-0.39, 0.29) is 31.8 Å². The van der Waals surface area contributed by atoms with Crippen LogP contribution in [0.5, 0.6) is 0 Å². The van der Waals surface area contributed by atoms with E-state index in [1.165, 1.54) is 59.2 Å². The SMILES string of the molecule is CCCCCCCCN(C(=O)OC(C)(C)C)[C@@H]1C=C(CO[Si](C)(C)C(C)(C)C)[C@H](O)C(OCOC)[C@@H]1OCOC.CCCCCCCCN[C@@H]1C=C(CO)[C@H](O)C(O)[C@@H]1O. The molecule has 2 unspecified atom stereocenters. The van der Waals surface area contributed by atoms with Crippen LogP contribution in [0.1, 0.15) is 132 Å². The molecule has 0 heterocycles. The van der Waals surface area contributed by atoms with Crippen molar-refractivity contribution in [3.63, 3.8) is 0 Å². The van der Waals surface area contributed by atoms with Crippen LogP contribution in [0.3, 0.4) is 0 Å². The number of carbonyl (C=O) groups excluding carboxylic acids is 1. The molecule has 6 N–H and O–H groups in total. The monoisotopic (exact) mass is 877 g/mol. The topological polar surface area (TPSA) is 189 Å². The number of aliphatic hydroxyl groups is 5. The summed E-state index contributed by atoms with van der Waals surface area (Å²) in [5.74, 6) is 0. The molecule has 0 radical (unpaired) electrons. The van der Waals surface area contributed by atoms with Crippen LogP contribution in [-0.4, -0.2) is 153 Å². The second-order valence-corrected chi connectivity index (χ2v) is 23.6. The van der Waals surface area contributed by atoms with Gasteiger partial charge in [0, 0.05) is 20.8 Å². The van der Waals surface area contributed by atoms with E-state index in [2.05, 4.69) is 53.0 Å². The molecule has 60 heavy (non-hydrogen) atoms. The minimum atomic E-state index is -2.12. The van der Waals surface area contributed by atoms with Crippen molar-refractivity contribution in [3.8, 4) is 0 Å². The zero-order chi connectivity index (χ0) is 45.5. The zero-order valence-corrected chi connectivity index (χ0v) is 40.5. The number of hydrogen-bond acceptors (Lipinski definition) is 13. The Morgan fingerprint density at radius 1 is 0.733 bits per heavy atom. The fourth-order valence-electron chi connectivity index (χ4n) is 6.84. The van der Waals surface area contributed by atoms with Crippen molar-refractivity contribution in [1.29, 1.82) is 0 Å². The maximum atomic E-state index is 13.6. The van der Waals surface area contributed by atoms with Gasteiger partial charge in [-0.15, -0.1) is 0 Å². The first-order valence-corrected chi connectivity index (χ1v) is 25.4. The van der Waals surface area contributed by atoms with E-state index < -0.39 is 68.7 Å². The van der Waals surface area contributed by atoms with Crippen LogP contribution in [0.2, 0.25) is 18.1 Å². The minimum Gasteiger partial charge on any atom is -0.444 e. The van der Waals surface area contributed by atoms with Crippen molar-refractivity contribution in [2.24, 2.45) is 0 Å². The highest BCUT2D eigenvalue weighted by molar-refractivity contribution is 6.74. The fraction of sp³-hybridized carbons (Fsp3) is 0.889. The molecule has 14 nitrogen and oxygen atoms in total. The van der Waals surface area contributed by atoms with E-state index in [9.17, 15) is 25.2 Å². The maximum Gasteiger partial charge on any atom is 0.410 e. The third-order valence-electron chi connectivity index (χ3n) is 11.5. The molecule has 1 amide bonds. The fourth-order valence-corrected chi connectivity index (χ4v) is 7.80. The number of nitrogens with zero attached hydrogens (tertiary/aromatic N) is 1. The lowest BCUT2D eigenvalue weighted by atomic mass is 9.87. The summed E-state index contributed by atoms with van der Waals surface area (Å²) in [5, 5.41) is 53.0. The Kier molecular flexibility index (Phi) is 27.4. The van der Waals surface area contributed by atoms with Gasteiger partial charge in [-0.25, -0.2) is 4.79 Å². The molecule has 0 fully saturated rings. The summed E-state index contributed by atoms with van der Waals surface area (Å²) >= 11 is 0. The average molecular weight is 877 g/mol. The summed E-state index contributed by atoms with van der Waals surface area (Å²) < 4.78 is 34.9. The Hall–Kier alpha value is -1.47. The number of rotatable bonds is 26. The van der Waals surface area contributed by atoms with Gasteiger partial charge >= 0.3 is 6.09 Å². The summed E-state index contributed by atoms with van der Waals surface area (Å²) in [6, 6.07) is -0.977. The van der Waals surface area contributed by atoms with Crippen LogP contribution in [0, 0.1) is 0 Å². The molecule has 354 valence electrons. The van der Waals surface area contributed by atoms with Crippen LogP contribution in [0.25, 0.3) is 0 Å². The van der Waals surface area contributed by atoms with Gasteiger partial charge in [0.05, 0.1) is 25.3 Å². The number of nitrogens with one attached hydrogen (secondary N) is 1. The second-order valence-electron chi connectivity index (χ2n) is 18.8. The Morgan fingerprint density at radius 2 is 1.27 bits per heavy atom. The first-order chi connectivity index (χ1) is 28.2. The van der Waals surface area contributed by atoms with E-state index >= 15 is 0 Å². The standard InChI is InChI=1S/C30H59NO8Si.C15H29NO4/c1-12-13-14-15-16-17-18-31(28(33)39-29(2,3)4)24-19-23(20-38-40(10,11)30(5,6)7)25(32)27(37-22-35-9)26(24)36-21-34-8;1-2-3-4-5-6-7-8-16-12-9-11(10-17)13(18)15(20)14(12)19/h19,24-27,32H,12-18,20-22H2,1-11H3;9,12-20H,2-8,10H2,1H3/t24-,25+,26-,27?;12-,13+,14-,15?/m11/s1. The first kappa shape index (κ1) is 56.5. The summed E-state index contributed by atoms with van der Waals surface area (Å²) in [6.07, 6.45) is 10.8. The number of aliphatic hydroxyl groups excluding tert-OH is 5. The van der Waals surface area contributed by atoms with Crippen molar-refractivity contribution < 1.29 is 58.4 Å². The van der Waals surface area contributed by atoms with Crippen LogP contribution >= 0.6 is 0 Å². The highest BCUT2D eigenvalue weighted by Crippen LogP contribution is 2.38. The first-order valence-electron chi connectivity index (χ1n) is 22.5. The average Bonchev–Trinajstić information content (AvgIpc) is 3.17. The molecule has 0 saturated heterocycles. The number of amides is 1. The van der Waals surface area contributed by atoms with E-state index in [1.54, 1.807) is 11.0 Å². The summed E-state index contributed by atoms with van der Waals surface area (Å²) in [6.45, 7) is 22.0. The number of methoxy groups -OCH3 is 2. The smallest absolute Gasteiger partial charge is 0.410 e. The molecular weight excluding hydrogens is 789 g/mol. The largest absolute Gasteiger partial charge is 0.444 e. The van der Waals surface area contributed by atoms with Crippen molar-refractivity contribution in [3.05, 3.63) is 23.3 Å². The van der Waals surface area contributed by atoms with Gasteiger partial charge in [-0.2, -0.15) is 0 Å². The van der Waals surface area contributed by atoms with Gasteiger partial charge in [0.25, 0.3) is 0 Å². The lowest BCUT2D eigenvalue weighted by molar-refractivity contribution is -0.195. The molecule has 0 aromatic carbocycles. The predicted molar refractivity (Wildman–Crippen MR) is 239 cm³/mol. The Labute approximate surface area is 364 Å². The molecule has 15 heteroatoms. The molecule has 0 bridgehead atoms. The predicted octanol–water partition coefficient (Wildman–Crippen LogP) is 6.57. The van der Waals surface area contributed by atoms with Crippen LogP contribution in [-0.2, 0) is 28.1 Å². The number of ether oxygens (including phenoxy) is 5. The number of hydrogen-bond donors (Lipinski definition) is 6. The van der Waals surface area contributed by atoms with Gasteiger partial charge in [-0.1, -0.05) is 111 Å². The van der Waals surface area contributed by atoms with Gasteiger partial charge in [-0.3, -0.25) is 4.90 Å². The van der Waals surface area contributed by atoms with E-state index in [4.69, 9.17) is 33.2 Å². The van der Waals surface area contributed by atoms with E-state index in [0.29, 0.717) is 17.7 Å². The van der Waals surface area contributed by atoms with Crippen molar-refractivity contribution in [2.45, 2.75) is 205 Å². The van der Waals surface area contributed by atoms with Crippen LogP contribution in [0.4, 0.5) is 4.79 Å². The molecule has 2 rings (SSSR count). The molecule has 2 aliphatic carbocycles. The molecular formula is C45H88N2O12Si. The number of carbonyl (C=O) groups is 1. The number of unbranched alkanes of at least 4 members (excludes halogenated alkanes) is 10. The van der Waals surface area contributed by atoms with Crippen molar-refractivity contribution in [2.75, 3.05) is 54.1 Å². The summed E-state index contributed by atoms with van der Waals surface area (Å²) in [4.78, 5) is 15.4. The van der Waals surface area contributed by atoms with E-state index in [0.717, 1.165) is 38.6 Å². The maximum absolute atomic E-state index is 13.6. The van der Waals surface area contributed by atoms with Crippen LogP contribution < -0.4 is 5.32 Å². The molecule has 0 aliphatic heterocycles. The van der Waals surface area contributed by atoms with Gasteiger partial charge in [0.15, 0.2) is 8.32 Å². The van der Waals surface area contributed by atoms with Gasteiger partial charge in [0.1, 0.15) is 55.8 Å². The normalized spacial score (nSPS) is 24.9. The van der Waals surface area contributed by atoms with Gasteiger partial charge in [-0.05, 0) is 69.4 Å². The highest BCUT2D eigenvalue weighted by Gasteiger charge is 2.47. The minimum absolute atomic E-state index is 0.00295. The molecule has 8 atom stereocenters. The second kappa shape index (κ2) is 29.1. The lowest BCUT2D eigenvalue weighted by Gasteiger charge is -2.45. The lowest BCUT2D eigenvalue weighted by Crippen LogP contribution is -2.59. The molecule has 0 spiro atoms. The Balaban J connectivity index is 0.000000750.